The number of fused-ring (bicyclic) bond motifs is 1. The number of morpholine rings is 1. The van der Waals surface area contributed by atoms with Crippen LogP contribution >= 0.6 is 0 Å². The predicted octanol–water partition coefficient (Wildman–Crippen LogP) is 2.10. The topological polar surface area (TPSA) is 82.6 Å². The molecule has 2 N–H and O–H groups in total. The fraction of sp³-hybridized carbons (Fsp3) is 0.412. The second kappa shape index (κ2) is 6.04. The molecule has 1 atom stereocenters. The van der Waals surface area contributed by atoms with Gasteiger partial charge in [0, 0.05) is 24.0 Å². The van der Waals surface area contributed by atoms with Crippen LogP contribution in [0.2, 0.25) is 0 Å². The SMILES string of the molecule is Cc1ccc2[nH]c(C(=O)N3CCO[C@H](CC(=O)O)C3)cc2c1C. The van der Waals surface area contributed by atoms with E-state index in [9.17, 15) is 9.59 Å². The highest BCUT2D eigenvalue weighted by molar-refractivity contribution is 5.99. The second-order valence-electron chi connectivity index (χ2n) is 5.99. The van der Waals surface area contributed by atoms with E-state index >= 15 is 0 Å². The molecular weight excluding hydrogens is 296 g/mol. The fourth-order valence-electron chi connectivity index (χ4n) is 2.97. The van der Waals surface area contributed by atoms with Crippen LogP contribution < -0.4 is 0 Å². The summed E-state index contributed by atoms with van der Waals surface area (Å²) in [5.41, 5.74) is 3.81. The van der Waals surface area contributed by atoms with E-state index in [1.54, 1.807) is 4.90 Å². The number of carboxylic acids is 1. The smallest absolute Gasteiger partial charge is 0.306 e. The van der Waals surface area contributed by atoms with Crippen LogP contribution in [0.25, 0.3) is 10.9 Å². The summed E-state index contributed by atoms with van der Waals surface area (Å²) < 4.78 is 5.41. The van der Waals surface area contributed by atoms with E-state index in [4.69, 9.17) is 9.84 Å². The number of nitrogens with one attached hydrogen (secondary N) is 1. The third-order valence-corrected chi connectivity index (χ3v) is 4.40. The molecule has 2 heterocycles. The molecule has 0 bridgehead atoms. The van der Waals surface area contributed by atoms with Gasteiger partial charge in [-0.15, -0.1) is 0 Å². The van der Waals surface area contributed by atoms with E-state index in [1.807, 2.05) is 32.0 Å². The van der Waals surface area contributed by atoms with Crippen LogP contribution in [0.15, 0.2) is 18.2 Å². The number of carboxylic acid groups (broad SMARTS) is 1. The van der Waals surface area contributed by atoms with Crippen molar-refractivity contribution in [1.82, 2.24) is 9.88 Å². The zero-order chi connectivity index (χ0) is 16.6. The highest BCUT2D eigenvalue weighted by atomic mass is 16.5. The number of hydrogen-bond acceptors (Lipinski definition) is 3. The van der Waals surface area contributed by atoms with E-state index in [-0.39, 0.29) is 12.3 Å². The van der Waals surface area contributed by atoms with Gasteiger partial charge in [-0.3, -0.25) is 9.59 Å². The van der Waals surface area contributed by atoms with Crippen molar-refractivity contribution in [2.24, 2.45) is 0 Å². The van der Waals surface area contributed by atoms with E-state index in [2.05, 4.69) is 4.98 Å². The molecule has 1 aromatic heterocycles. The highest BCUT2D eigenvalue weighted by Gasteiger charge is 2.27. The lowest BCUT2D eigenvalue weighted by atomic mass is 10.1. The quantitative estimate of drug-likeness (QED) is 0.908. The monoisotopic (exact) mass is 316 g/mol. The van der Waals surface area contributed by atoms with E-state index in [0.717, 1.165) is 16.5 Å². The lowest BCUT2D eigenvalue weighted by Crippen LogP contribution is -2.46. The Morgan fingerprint density at radius 1 is 1.39 bits per heavy atom. The predicted molar refractivity (Wildman–Crippen MR) is 85.7 cm³/mol. The van der Waals surface area contributed by atoms with Crippen LogP contribution in [-0.4, -0.2) is 52.7 Å². The van der Waals surface area contributed by atoms with Gasteiger partial charge in [-0.05, 0) is 37.1 Å². The minimum atomic E-state index is -0.916. The molecule has 0 aliphatic carbocycles. The first-order chi connectivity index (χ1) is 11.0. The number of aromatic amines is 1. The van der Waals surface area contributed by atoms with Crippen LogP contribution in [0.5, 0.6) is 0 Å². The number of aryl methyl sites for hydroxylation is 2. The molecule has 1 saturated heterocycles. The number of nitrogens with zero attached hydrogens (tertiary/aromatic N) is 1. The number of hydrogen-bond donors (Lipinski definition) is 2. The molecular formula is C17H20N2O4. The van der Waals surface area contributed by atoms with E-state index in [1.165, 1.54) is 5.56 Å². The molecule has 1 aromatic carbocycles. The maximum Gasteiger partial charge on any atom is 0.306 e. The van der Waals surface area contributed by atoms with Crippen molar-refractivity contribution in [2.75, 3.05) is 19.7 Å². The van der Waals surface area contributed by atoms with Gasteiger partial charge in [0.15, 0.2) is 0 Å². The van der Waals surface area contributed by atoms with Gasteiger partial charge in [0.25, 0.3) is 5.91 Å². The Bertz CT molecular complexity index is 765. The molecule has 122 valence electrons. The molecule has 0 spiro atoms. The summed E-state index contributed by atoms with van der Waals surface area (Å²) in [7, 11) is 0. The van der Waals surface area contributed by atoms with Crippen LogP contribution in [0.4, 0.5) is 0 Å². The summed E-state index contributed by atoms with van der Waals surface area (Å²) in [6.07, 6.45) is -0.534. The summed E-state index contributed by atoms with van der Waals surface area (Å²) in [6.45, 7) is 5.22. The minimum Gasteiger partial charge on any atom is -0.481 e. The molecule has 1 aliphatic heterocycles. The molecule has 1 amide bonds. The van der Waals surface area contributed by atoms with Crippen LogP contribution in [0.1, 0.15) is 28.0 Å². The Morgan fingerprint density at radius 3 is 2.91 bits per heavy atom. The summed E-state index contributed by atoms with van der Waals surface area (Å²) in [5, 5.41) is 9.91. The Morgan fingerprint density at radius 2 is 2.17 bits per heavy atom. The Balaban J connectivity index is 1.82. The molecule has 0 saturated carbocycles. The van der Waals surface area contributed by atoms with Gasteiger partial charge in [-0.1, -0.05) is 6.07 Å². The molecule has 0 unspecified atom stereocenters. The van der Waals surface area contributed by atoms with Crippen molar-refractivity contribution in [3.05, 3.63) is 35.0 Å². The highest BCUT2D eigenvalue weighted by Crippen LogP contribution is 2.23. The minimum absolute atomic E-state index is 0.0885. The van der Waals surface area contributed by atoms with Crippen molar-refractivity contribution in [3.63, 3.8) is 0 Å². The van der Waals surface area contributed by atoms with Gasteiger partial charge < -0.3 is 19.7 Å². The van der Waals surface area contributed by atoms with Crippen molar-refractivity contribution in [3.8, 4) is 0 Å². The third kappa shape index (κ3) is 3.07. The second-order valence-corrected chi connectivity index (χ2v) is 5.99. The maximum absolute atomic E-state index is 12.7. The summed E-state index contributed by atoms with van der Waals surface area (Å²) >= 11 is 0. The van der Waals surface area contributed by atoms with Crippen LogP contribution in [-0.2, 0) is 9.53 Å². The molecule has 23 heavy (non-hydrogen) atoms. The van der Waals surface area contributed by atoms with Gasteiger partial charge in [-0.2, -0.15) is 0 Å². The van der Waals surface area contributed by atoms with Gasteiger partial charge >= 0.3 is 5.97 Å². The number of amides is 1. The zero-order valence-corrected chi connectivity index (χ0v) is 13.3. The standard InChI is InChI=1S/C17H20N2O4/c1-10-3-4-14-13(11(10)2)8-15(18-14)17(22)19-5-6-23-12(9-19)7-16(20)21/h3-4,8,12,18H,5-7,9H2,1-2H3,(H,20,21)/t12-/m1/s1. The molecule has 1 fully saturated rings. The number of aliphatic carboxylic acids is 1. The number of carbonyl (C=O) groups is 2. The number of benzene rings is 1. The molecule has 6 heteroatoms. The Labute approximate surface area is 134 Å². The molecule has 2 aromatic rings. The van der Waals surface area contributed by atoms with Gasteiger partial charge in [-0.25, -0.2) is 0 Å². The van der Waals surface area contributed by atoms with Crippen molar-refractivity contribution in [1.29, 1.82) is 0 Å². The normalized spacial score (nSPS) is 18.3. The molecule has 3 rings (SSSR count). The number of H-pyrrole nitrogens is 1. The van der Waals surface area contributed by atoms with Crippen molar-refractivity contribution >= 4 is 22.8 Å². The molecule has 1 aliphatic rings. The maximum atomic E-state index is 12.7. The van der Waals surface area contributed by atoms with Crippen LogP contribution in [0.3, 0.4) is 0 Å². The lowest BCUT2D eigenvalue weighted by molar-refractivity contribution is -0.141. The first kappa shape index (κ1) is 15.6. The summed E-state index contributed by atoms with van der Waals surface area (Å²) in [5.74, 6) is -1.03. The summed E-state index contributed by atoms with van der Waals surface area (Å²) in [4.78, 5) is 28.3. The van der Waals surface area contributed by atoms with Gasteiger partial charge in [0.05, 0.1) is 19.1 Å². The molecule has 0 radical (unpaired) electrons. The van der Waals surface area contributed by atoms with Crippen molar-refractivity contribution in [2.45, 2.75) is 26.4 Å². The van der Waals surface area contributed by atoms with E-state index in [0.29, 0.717) is 25.4 Å². The Hall–Kier alpha value is -2.34. The summed E-state index contributed by atoms with van der Waals surface area (Å²) in [6, 6.07) is 5.88. The number of aromatic nitrogens is 1. The van der Waals surface area contributed by atoms with Gasteiger partial charge in [0.2, 0.25) is 0 Å². The average molecular weight is 316 g/mol. The van der Waals surface area contributed by atoms with E-state index < -0.39 is 12.1 Å². The van der Waals surface area contributed by atoms with Gasteiger partial charge in [0.1, 0.15) is 5.69 Å². The Kier molecular flexibility index (Phi) is 4.09. The first-order valence-electron chi connectivity index (χ1n) is 7.67. The molecule has 6 nitrogen and oxygen atoms in total. The first-order valence-corrected chi connectivity index (χ1v) is 7.67. The average Bonchev–Trinajstić information content (AvgIpc) is 2.95. The third-order valence-electron chi connectivity index (χ3n) is 4.40. The zero-order valence-electron chi connectivity index (χ0n) is 13.3. The van der Waals surface area contributed by atoms with Crippen LogP contribution in [0, 0.1) is 13.8 Å². The number of carbonyl (C=O) groups excluding carboxylic acids is 1. The lowest BCUT2D eigenvalue weighted by Gasteiger charge is -2.32. The largest absolute Gasteiger partial charge is 0.481 e. The fourth-order valence-corrected chi connectivity index (χ4v) is 2.97. The number of ether oxygens (including phenoxy) is 1. The number of rotatable bonds is 3. The van der Waals surface area contributed by atoms with Crippen molar-refractivity contribution < 1.29 is 19.4 Å².